The molecule has 226 valence electrons. The highest BCUT2D eigenvalue weighted by atomic mass is 19.3. The Kier molecular flexibility index (Phi) is 7.00. The third-order valence-electron chi connectivity index (χ3n) is 13.6. The van der Waals surface area contributed by atoms with Gasteiger partial charge >= 0.3 is 0 Å². The summed E-state index contributed by atoms with van der Waals surface area (Å²) in [6.45, 7) is 14.7. The van der Waals surface area contributed by atoms with Crippen LogP contribution in [0.3, 0.4) is 0 Å². The maximum Gasteiger partial charge on any atom is 0.255 e. The number of carbonyl (C=O) groups is 3. The molecule has 0 radical (unpaired) electrons. The minimum absolute atomic E-state index is 0.0108. The van der Waals surface area contributed by atoms with Crippen LogP contribution in [0.1, 0.15) is 106 Å². The van der Waals surface area contributed by atoms with Gasteiger partial charge in [0.2, 0.25) is 5.91 Å². The lowest BCUT2D eigenvalue weighted by atomic mass is 9.31. The minimum atomic E-state index is -2.59. The van der Waals surface area contributed by atoms with E-state index in [0.29, 0.717) is 6.42 Å². The number of nitrogens with one attached hydrogen (secondary N) is 1. The first-order valence-corrected chi connectivity index (χ1v) is 15.6. The highest BCUT2D eigenvalue weighted by Gasteiger charge is 2.72. The smallest absolute Gasteiger partial charge is 0.255 e. The van der Waals surface area contributed by atoms with Gasteiger partial charge < -0.3 is 5.32 Å². The number of carbonyl (C=O) groups excluding carboxylic acids is 3. The molecule has 0 saturated heterocycles. The summed E-state index contributed by atoms with van der Waals surface area (Å²) >= 11 is 0. The highest BCUT2D eigenvalue weighted by molar-refractivity contribution is 6.04. The van der Waals surface area contributed by atoms with Crippen LogP contribution in [-0.2, 0) is 14.4 Å². The molecule has 5 rings (SSSR count). The molecule has 4 fully saturated rings. The number of hydrogen-bond acceptors (Lipinski definition) is 4. The molecule has 0 aromatic heterocycles. The molecule has 41 heavy (non-hydrogen) atoms. The van der Waals surface area contributed by atoms with Crippen molar-refractivity contribution in [1.82, 2.24) is 5.32 Å². The van der Waals surface area contributed by atoms with Crippen LogP contribution in [0.4, 0.5) is 8.78 Å². The average Bonchev–Trinajstić information content (AvgIpc) is 2.87. The van der Waals surface area contributed by atoms with E-state index in [-0.39, 0.29) is 74.8 Å². The molecular weight excluding hydrogens is 522 g/mol. The molecule has 8 atom stereocenters. The van der Waals surface area contributed by atoms with Gasteiger partial charge in [-0.2, -0.15) is 5.26 Å². The molecule has 5 aliphatic rings. The number of Topliss-reactive ketones (excluding diaryl/α,β-unsaturated/α-hetero) is 2. The lowest BCUT2D eigenvalue weighted by Gasteiger charge is -2.72. The monoisotopic (exact) mass is 570 g/mol. The van der Waals surface area contributed by atoms with Gasteiger partial charge in [-0.1, -0.05) is 54.5 Å². The Morgan fingerprint density at radius 1 is 1.00 bits per heavy atom. The van der Waals surface area contributed by atoms with Crippen molar-refractivity contribution in [3.8, 4) is 6.07 Å². The van der Waals surface area contributed by atoms with Crippen LogP contribution in [-0.4, -0.2) is 30.4 Å². The fourth-order valence-electron chi connectivity index (χ4n) is 11.3. The maximum absolute atomic E-state index is 14.6. The van der Waals surface area contributed by atoms with Gasteiger partial charge in [-0.25, -0.2) is 8.78 Å². The molecule has 1 amide bonds. The largest absolute Gasteiger partial charge is 0.350 e. The molecule has 0 aromatic rings. The van der Waals surface area contributed by atoms with Gasteiger partial charge in [-0.3, -0.25) is 14.4 Å². The van der Waals surface area contributed by atoms with E-state index in [4.69, 9.17) is 0 Å². The predicted octanol–water partition coefficient (Wildman–Crippen LogP) is 7.06. The minimum Gasteiger partial charge on any atom is -0.350 e. The molecule has 7 heteroatoms. The van der Waals surface area contributed by atoms with Crippen molar-refractivity contribution in [2.45, 2.75) is 113 Å². The second-order valence-electron chi connectivity index (χ2n) is 16.4. The number of allylic oxidation sites excluding steroid dienone is 2. The van der Waals surface area contributed by atoms with Crippen molar-refractivity contribution < 1.29 is 23.2 Å². The molecule has 0 heterocycles. The SMILES string of the molecule is CC1(C)CC[C@]2(CC(=O)NCC(F)F)CC[C@]3(C)[C@H](C(=O)C[C@@H]4[C@@]5(C)C=C(C#N)C(=O)C(C)(C)[C@@H]5CC[C@]43C)[C@@H]2C1. The number of ketones is 2. The number of fused-ring (bicyclic) bond motifs is 7. The van der Waals surface area contributed by atoms with Gasteiger partial charge in [0, 0.05) is 24.2 Å². The molecular formula is C34H48F2N2O3. The highest BCUT2D eigenvalue weighted by Crippen LogP contribution is 2.76. The van der Waals surface area contributed by atoms with Crippen LogP contribution in [0.2, 0.25) is 0 Å². The summed E-state index contributed by atoms with van der Waals surface area (Å²) in [6.07, 6.45) is 5.99. The van der Waals surface area contributed by atoms with E-state index in [2.05, 4.69) is 46.0 Å². The van der Waals surface area contributed by atoms with Crippen LogP contribution >= 0.6 is 0 Å². The molecule has 1 N–H and O–H groups in total. The van der Waals surface area contributed by atoms with E-state index in [1.54, 1.807) is 0 Å². The predicted molar refractivity (Wildman–Crippen MR) is 153 cm³/mol. The third kappa shape index (κ3) is 4.27. The van der Waals surface area contributed by atoms with Crippen LogP contribution in [0.25, 0.3) is 0 Å². The molecule has 5 aliphatic carbocycles. The lowest BCUT2D eigenvalue weighted by molar-refractivity contribution is -0.223. The lowest BCUT2D eigenvalue weighted by Crippen LogP contribution is -2.68. The Hall–Kier alpha value is -2.10. The van der Waals surface area contributed by atoms with Crippen molar-refractivity contribution in [3.05, 3.63) is 11.6 Å². The fraction of sp³-hybridized carbons (Fsp3) is 0.824. The van der Waals surface area contributed by atoms with Gasteiger partial charge in [0.25, 0.3) is 6.43 Å². The number of rotatable bonds is 4. The number of halogens is 2. The van der Waals surface area contributed by atoms with E-state index < -0.39 is 23.8 Å². The second kappa shape index (κ2) is 9.45. The maximum atomic E-state index is 14.6. The van der Waals surface area contributed by atoms with Crippen molar-refractivity contribution in [2.75, 3.05) is 6.54 Å². The summed E-state index contributed by atoms with van der Waals surface area (Å²) in [5, 5.41) is 12.4. The van der Waals surface area contributed by atoms with E-state index in [1.807, 2.05) is 19.9 Å². The fourth-order valence-corrected chi connectivity index (χ4v) is 11.3. The van der Waals surface area contributed by atoms with E-state index in [9.17, 15) is 28.4 Å². The van der Waals surface area contributed by atoms with E-state index in [1.165, 1.54) is 0 Å². The van der Waals surface area contributed by atoms with Crippen LogP contribution in [0, 0.1) is 67.5 Å². The van der Waals surface area contributed by atoms with Crippen LogP contribution < -0.4 is 5.32 Å². The number of nitrogens with zero attached hydrogens (tertiary/aromatic N) is 1. The summed E-state index contributed by atoms with van der Waals surface area (Å²) in [6, 6.07) is 2.18. The van der Waals surface area contributed by atoms with Gasteiger partial charge in [-0.05, 0) is 89.8 Å². The van der Waals surface area contributed by atoms with Crippen molar-refractivity contribution in [3.63, 3.8) is 0 Å². The van der Waals surface area contributed by atoms with Crippen molar-refractivity contribution in [1.29, 1.82) is 5.26 Å². The van der Waals surface area contributed by atoms with Crippen LogP contribution in [0.15, 0.2) is 11.6 Å². The third-order valence-corrected chi connectivity index (χ3v) is 13.6. The van der Waals surface area contributed by atoms with E-state index in [0.717, 1.165) is 44.9 Å². The molecule has 0 aliphatic heterocycles. The Labute approximate surface area is 244 Å². The Bertz CT molecular complexity index is 1230. The molecule has 4 saturated carbocycles. The number of hydrogen-bond donors (Lipinski definition) is 1. The first-order valence-electron chi connectivity index (χ1n) is 15.6. The van der Waals surface area contributed by atoms with Gasteiger partial charge in [0.1, 0.15) is 11.9 Å². The first-order chi connectivity index (χ1) is 18.9. The van der Waals surface area contributed by atoms with Crippen molar-refractivity contribution >= 4 is 17.5 Å². The standard InChI is InChI=1S/C34H48F2N2O3/c1-29(2)10-12-34(17-26(40)38-19-25(35)36)13-11-33(7)27(21(34)16-29)22(39)14-24-31(5)15-20(18-37)28(41)30(3,4)23(31)8-9-32(24,33)6/h15,21,23-25,27H,8-14,16-17,19H2,1-7H3,(H,38,40)/t21-,23-,24+,27-,31-,32+,33+,34+/m0/s1. The zero-order valence-corrected chi connectivity index (χ0v) is 26.0. The van der Waals surface area contributed by atoms with Crippen molar-refractivity contribution in [2.24, 2.45) is 56.2 Å². The zero-order valence-electron chi connectivity index (χ0n) is 26.0. The summed E-state index contributed by atoms with van der Waals surface area (Å²) < 4.78 is 25.8. The van der Waals surface area contributed by atoms with E-state index >= 15 is 0 Å². The summed E-state index contributed by atoms with van der Waals surface area (Å²) in [7, 11) is 0. The number of alkyl halides is 2. The summed E-state index contributed by atoms with van der Waals surface area (Å²) in [4.78, 5) is 40.8. The molecule has 0 spiro atoms. The topological polar surface area (TPSA) is 87.0 Å². The zero-order chi connectivity index (χ0) is 30.4. The van der Waals surface area contributed by atoms with Gasteiger partial charge in [0.05, 0.1) is 12.1 Å². The Morgan fingerprint density at radius 3 is 2.29 bits per heavy atom. The first kappa shape index (κ1) is 30.4. The Morgan fingerprint density at radius 2 is 1.66 bits per heavy atom. The summed E-state index contributed by atoms with van der Waals surface area (Å²) in [5.74, 6) is -0.280. The summed E-state index contributed by atoms with van der Waals surface area (Å²) in [5.41, 5.74) is -1.70. The van der Waals surface area contributed by atoms with Gasteiger partial charge in [-0.15, -0.1) is 0 Å². The second-order valence-corrected chi connectivity index (χ2v) is 16.4. The quantitative estimate of drug-likeness (QED) is 0.392. The molecule has 0 unspecified atom stereocenters. The number of nitriles is 1. The molecule has 0 bridgehead atoms. The Balaban J connectivity index is 1.56. The normalized spacial score (nSPS) is 44.5. The molecule has 5 nitrogen and oxygen atoms in total. The average molecular weight is 571 g/mol. The van der Waals surface area contributed by atoms with Gasteiger partial charge in [0.15, 0.2) is 5.78 Å². The van der Waals surface area contributed by atoms with Crippen LogP contribution in [0.5, 0.6) is 0 Å². The number of amides is 1. The molecule has 0 aromatic carbocycles.